The van der Waals surface area contributed by atoms with Crippen molar-refractivity contribution in [2.24, 2.45) is 0 Å². The van der Waals surface area contributed by atoms with Crippen LogP contribution in [0, 0.1) is 0 Å². The Morgan fingerprint density at radius 1 is 1.08 bits per heavy atom. The van der Waals surface area contributed by atoms with Crippen molar-refractivity contribution in [3.05, 3.63) is 0 Å². The summed E-state index contributed by atoms with van der Waals surface area (Å²) in [4.78, 5) is 5.19. The van der Waals surface area contributed by atoms with E-state index < -0.39 is 0 Å². The summed E-state index contributed by atoms with van der Waals surface area (Å²) in [6.45, 7) is 7.59. The summed E-state index contributed by atoms with van der Waals surface area (Å²) in [7, 11) is 2.25. The number of hydrogen-bond donors (Lipinski definition) is 0. The van der Waals surface area contributed by atoms with E-state index >= 15 is 0 Å². The van der Waals surface area contributed by atoms with Crippen molar-refractivity contribution in [3.63, 3.8) is 0 Å². The van der Waals surface area contributed by atoms with Crippen molar-refractivity contribution in [2.45, 2.75) is 38.1 Å². The molecule has 2 heterocycles. The molecule has 2 aliphatic heterocycles. The van der Waals surface area contributed by atoms with Crippen LogP contribution in [0.1, 0.15) is 32.6 Å². The van der Waals surface area contributed by atoms with Gasteiger partial charge >= 0.3 is 0 Å². The Morgan fingerprint density at radius 2 is 1.69 bits per heavy atom. The van der Waals surface area contributed by atoms with Gasteiger partial charge in [-0.1, -0.05) is 6.92 Å². The topological polar surface area (TPSA) is 6.48 Å². The van der Waals surface area contributed by atoms with E-state index in [1.165, 1.54) is 51.9 Å². The van der Waals surface area contributed by atoms with E-state index in [0.29, 0.717) is 5.54 Å². The molecule has 0 aliphatic carbocycles. The Bertz CT molecular complexity index is 171. The summed E-state index contributed by atoms with van der Waals surface area (Å²) in [6, 6.07) is 0. The lowest BCUT2D eigenvalue weighted by molar-refractivity contribution is -0.0545. The monoisotopic (exact) mass is 182 g/mol. The Kier molecular flexibility index (Phi) is 2.61. The van der Waals surface area contributed by atoms with Crippen LogP contribution in [0.2, 0.25) is 0 Å². The van der Waals surface area contributed by atoms with Gasteiger partial charge in [0.2, 0.25) is 0 Å². The van der Waals surface area contributed by atoms with E-state index in [1.54, 1.807) is 0 Å². The van der Waals surface area contributed by atoms with Crippen molar-refractivity contribution in [2.75, 3.05) is 33.2 Å². The van der Waals surface area contributed by atoms with Crippen LogP contribution in [0.4, 0.5) is 0 Å². The summed E-state index contributed by atoms with van der Waals surface area (Å²) >= 11 is 0. The molecule has 0 bridgehead atoms. The molecule has 13 heavy (non-hydrogen) atoms. The molecule has 0 aromatic carbocycles. The van der Waals surface area contributed by atoms with Gasteiger partial charge in [0, 0.05) is 12.1 Å². The summed E-state index contributed by atoms with van der Waals surface area (Å²) < 4.78 is 0. The average Bonchev–Trinajstić information content (AvgIpc) is 2.14. The zero-order valence-corrected chi connectivity index (χ0v) is 9.05. The molecule has 2 fully saturated rings. The van der Waals surface area contributed by atoms with Gasteiger partial charge in [0.15, 0.2) is 0 Å². The number of hydrogen-bond acceptors (Lipinski definition) is 2. The fourth-order valence-electron chi connectivity index (χ4n) is 2.81. The molecule has 0 unspecified atom stereocenters. The number of piperidine rings is 1. The van der Waals surface area contributed by atoms with Crippen LogP contribution in [0.5, 0.6) is 0 Å². The van der Waals surface area contributed by atoms with Gasteiger partial charge in [0.25, 0.3) is 0 Å². The van der Waals surface area contributed by atoms with Crippen molar-refractivity contribution in [1.29, 1.82) is 0 Å². The smallest absolute Gasteiger partial charge is 0.0246 e. The molecular formula is C11H22N2. The summed E-state index contributed by atoms with van der Waals surface area (Å²) in [5.41, 5.74) is 0.641. The zero-order valence-electron chi connectivity index (χ0n) is 9.05. The first-order valence-electron chi connectivity index (χ1n) is 5.70. The highest BCUT2D eigenvalue weighted by Gasteiger charge is 2.44. The molecule has 0 aromatic heterocycles. The maximum absolute atomic E-state index is 2.72. The third-order valence-electron chi connectivity index (χ3n) is 3.93. The molecule has 0 amide bonds. The van der Waals surface area contributed by atoms with Gasteiger partial charge in [0.1, 0.15) is 0 Å². The van der Waals surface area contributed by atoms with Crippen LogP contribution in [-0.2, 0) is 0 Å². The van der Waals surface area contributed by atoms with E-state index in [-0.39, 0.29) is 0 Å². The van der Waals surface area contributed by atoms with Gasteiger partial charge in [-0.15, -0.1) is 0 Å². The predicted molar refractivity (Wildman–Crippen MR) is 55.9 cm³/mol. The number of nitrogens with zero attached hydrogens (tertiary/aromatic N) is 2. The number of rotatable bonds is 2. The second kappa shape index (κ2) is 3.58. The molecule has 2 nitrogen and oxygen atoms in total. The molecule has 0 aromatic rings. The highest BCUT2D eigenvalue weighted by Crippen LogP contribution is 2.39. The molecule has 0 radical (unpaired) electrons. The molecule has 0 atom stereocenters. The van der Waals surface area contributed by atoms with Gasteiger partial charge in [-0.05, 0) is 52.4 Å². The van der Waals surface area contributed by atoms with E-state index in [9.17, 15) is 0 Å². The highest BCUT2D eigenvalue weighted by molar-refractivity contribution is 5.02. The summed E-state index contributed by atoms with van der Waals surface area (Å²) in [5.74, 6) is 0. The van der Waals surface area contributed by atoms with Crippen molar-refractivity contribution in [1.82, 2.24) is 9.80 Å². The molecule has 2 rings (SSSR count). The molecule has 2 aliphatic rings. The minimum absolute atomic E-state index is 0.641. The lowest BCUT2D eigenvalue weighted by Crippen LogP contribution is -2.63. The normalized spacial score (nSPS) is 29.1. The van der Waals surface area contributed by atoms with Crippen LogP contribution < -0.4 is 0 Å². The molecule has 0 N–H and O–H groups in total. The highest BCUT2D eigenvalue weighted by atomic mass is 15.3. The zero-order chi connectivity index (χ0) is 9.31. The van der Waals surface area contributed by atoms with Crippen molar-refractivity contribution < 1.29 is 0 Å². The summed E-state index contributed by atoms with van der Waals surface area (Å²) in [6.07, 6.45) is 5.59. The standard InChI is InChI=1S/C11H22N2/c1-3-7-13-10-6-11(13)4-8-12(2)9-5-11/h3-10H2,1-2H3. The predicted octanol–water partition coefficient (Wildman–Crippen LogP) is 1.57. The van der Waals surface area contributed by atoms with Crippen LogP contribution in [0.3, 0.4) is 0 Å². The molecular weight excluding hydrogens is 160 g/mol. The minimum Gasteiger partial charge on any atom is -0.306 e. The average molecular weight is 182 g/mol. The summed E-state index contributed by atoms with van der Waals surface area (Å²) in [5, 5.41) is 0. The van der Waals surface area contributed by atoms with Crippen LogP contribution >= 0.6 is 0 Å². The lowest BCUT2D eigenvalue weighted by atomic mass is 9.76. The maximum atomic E-state index is 2.72. The molecule has 2 saturated heterocycles. The molecule has 76 valence electrons. The van der Waals surface area contributed by atoms with Gasteiger partial charge in [-0.25, -0.2) is 0 Å². The molecule has 1 spiro atoms. The van der Waals surface area contributed by atoms with E-state index in [0.717, 1.165) is 0 Å². The van der Waals surface area contributed by atoms with Gasteiger partial charge in [-0.2, -0.15) is 0 Å². The van der Waals surface area contributed by atoms with Crippen molar-refractivity contribution in [3.8, 4) is 0 Å². The Balaban J connectivity index is 1.90. The first kappa shape index (κ1) is 9.47. The van der Waals surface area contributed by atoms with Gasteiger partial charge in [-0.3, -0.25) is 4.90 Å². The minimum atomic E-state index is 0.641. The first-order valence-corrected chi connectivity index (χ1v) is 5.70. The third kappa shape index (κ3) is 1.62. The second-order valence-electron chi connectivity index (χ2n) is 4.76. The Morgan fingerprint density at radius 3 is 2.15 bits per heavy atom. The SMILES string of the molecule is CCCN1CCC12CCN(C)CC2. The van der Waals surface area contributed by atoms with Crippen molar-refractivity contribution >= 4 is 0 Å². The Hall–Kier alpha value is -0.0800. The van der Waals surface area contributed by atoms with Crippen LogP contribution in [0.25, 0.3) is 0 Å². The number of likely N-dealkylation sites (tertiary alicyclic amines) is 2. The van der Waals surface area contributed by atoms with Crippen LogP contribution in [0.15, 0.2) is 0 Å². The quantitative estimate of drug-likeness (QED) is 0.639. The first-order chi connectivity index (χ1) is 6.27. The Labute approximate surface area is 81.9 Å². The fraction of sp³-hybridized carbons (Fsp3) is 1.00. The second-order valence-corrected chi connectivity index (χ2v) is 4.76. The lowest BCUT2D eigenvalue weighted by Gasteiger charge is -2.56. The van der Waals surface area contributed by atoms with Crippen LogP contribution in [-0.4, -0.2) is 48.6 Å². The fourth-order valence-corrected chi connectivity index (χ4v) is 2.81. The third-order valence-corrected chi connectivity index (χ3v) is 3.93. The molecule has 0 saturated carbocycles. The largest absolute Gasteiger partial charge is 0.306 e. The maximum Gasteiger partial charge on any atom is 0.0246 e. The van der Waals surface area contributed by atoms with E-state index in [2.05, 4.69) is 23.8 Å². The molecule has 2 heteroatoms. The van der Waals surface area contributed by atoms with E-state index in [4.69, 9.17) is 0 Å². The van der Waals surface area contributed by atoms with Gasteiger partial charge < -0.3 is 4.90 Å². The van der Waals surface area contributed by atoms with Gasteiger partial charge in [0.05, 0.1) is 0 Å². The van der Waals surface area contributed by atoms with E-state index in [1.807, 2.05) is 0 Å².